The lowest BCUT2D eigenvalue weighted by atomic mass is 10.1. The Balaban J connectivity index is 2.36. The predicted molar refractivity (Wildman–Crippen MR) is 100 cm³/mol. The van der Waals surface area contributed by atoms with Crippen LogP contribution >= 0.6 is 0 Å². The van der Waals surface area contributed by atoms with E-state index in [1.165, 1.54) is 31.2 Å². The van der Waals surface area contributed by atoms with E-state index in [9.17, 15) is 19.5 Å². The Hall–Kier alpha value is -3.35. The van der Waals surface area contributed by atoms with Crippen LogP contribution in [0.3, 0.4) is 0 Å². The van der Waals surface area contributed by atoms with Gasteiger partial charge < -0.3 is 19.9 Å². The Kier molecular flexibility index (Phi) is 6.54. The van der Waals surface area contributed by atoms with Gasteiger partial charge in [-0.3, -0.25) is 9.59 Å². The van der Waals surface area contributed by atoms with Crippen LogP contribution in [0.2, 0.25) is 0 Å². The number of hydrogen-bond acceptors (Lipinski definition) is 5. The Bertz CT molecular complexity index is 875. The molecular weight excluding hydrogens is 350 g/mol. The van der Waals surface area contributed by atoms with Gasteiger partial charge in [0.15, 0.2) is 5.78 Å². The van der Waals surface area contributed by atoms with Crippen LogP contribution < -0.4 is 14.8 Å². The number of nitrogens with one attached hydrogen (secondary N) is 1. The summed E-state index contributed by atoms with van der Waals surface area (Å²) < 4.78 is 10.8. The minimum Gasteiger partial charge on any atom is -0.493 e. The predicted octanol–water partition coefficient (Wildman–Crippen LogP) is 3.64. The van der Waals surface area contributed by atoms with Crippen molar-refractivity contribution >= 4 is 23.3 Å². The summed E-state index contributed by atoms with van der Waals surface area (Å²) in [5.41, 5.74) is 0.797. The number of carbonyl (C=O) groups is 3. The van der Waals surface area contributed by atoms with Crippen LogP contribution in [-0.4, -0.2) is 36.0 Å². The molecule has 0 aliphatic heterocycles. The summed E-state index contributed by atoms with van der Waals surface area (Å²) in [6, 6.07) is 8.91. The van der Waals surface area contributed by atoms with Crippen molar-refractivity contribution in [1.82, 2.24) is 0 Å². The Morgan fingerprint density at radius 1 is 0.926 bits per heavy atom. The molecule has 0 radical (unpaired) electrons. The summed E-state index contributed by atoms with van der Waals surface area (Å²) in [6.45, 7) is 5.66. The summed E-state index contributed by atoms with van der Waals surface area (Å²) in [7, 11) is 0. The van der Waals surface area contributed by atoms with E-state index in [1.54, 1.807) is 26.0 Å². The average molecular weight is 371 g/mol. The maximum atomic E-state index is 12.6. The number of ether oxygens (including phenoxy) is 2. The van der Waals surface area contributed by atoms with Gasteiger partial charge in [0.25, 0.3) is 5.91 Å². The number of carboxylic acids is 1. The zero-order valence-electron chi connectivity index (χ0n) is 15.4. The number of carbonyl (C=O) groups excluding carboxylic acids is 2. The van der Waals surface area contributed by atoms with Crippen molar-refractivity contribution in [3.05, 3.63) is 53.1 Å². The third-order valence-corrected chi connectivity index (χ3v) is 3.71. The summed E-state index contributed by atoms with van der Waals surface area (Å²) in [4.78, 5) is 35.6. The highest BCUT2D eigenvalue weighted by atomic mass is 16.5. The summed E-state index contributed by atoms with van der Waals surface area (Å²) >= 11 is 0. The van der Waals surface area contributed by atoms with Crippen molar-refractivity contribution < 1.29 is 29.0 Å². The molecule has 2 aromatic rings. The van der Waals surface area contributed by atoms with Crippen LogP contribution in [-0.2, 0) is 0 Å². The summed E-state index contributed by atoms with van der Waals surface area (Å²) in [5, 5.41) is 12.0. The number of Topliss-reactive ketones (excluding diaryl/α,β-unsaturated/α-hetero) is 1. The average Bonchev–Trinajstić information content (AvgIpc) is 2.63. The van der Waals surface area contributed by atoms with Crippen molar-refractivity contribution in [2.75, 3.05) is 18.5 Å². The zero-order valence-corrected chi connectivity index (χ0v) is 15.4. The van der Waals surface area contributed by atoms with Gasteiger partial charge in [0.05, 0.1) is 18.9 Å². The second-order valence-corrected chi connectivity index (χ2v) is 5.60. The monoisotopic (exact) mass is 371 g/mol. The second-order valence-electron chi connectivity index (χ2n) is 5.60. The van der Waals surface area contributed by atoms with Crippen LogP contribution in [0, 0.1) is 0 Å². The topological polar surface area (TPSA) is 102 Å². The molecule has 7 heteroatoms. The first kappa shape index (κ1) is 20.0. The number of rotatable bonds is 8. The van der Waals surface area contributed by atoms with Crippen LogP contribution in [0.5, 0.6) is 11.5 Å². The van der Waals surface area contributed by atoms with Crippen LogP contribution in [0.1, 0.15) is 51.8 Å². The second kappa shape index (κ2) is 8.84. The molecule has 0 spiro atoms. The van der Waals surface area contributed by atoms with Crippen LogP contribution in [0.15, 0.2) is 36.4 Å². The van der Waals surface area contributed by atoms with Crippen molar-refractivity contribution in [3.8, 4) is 11.5 Å². The minimum absolute atomic E-state index is 0.105. The fourth-order valence-electron chi connectivity index (χ4n) is 2.44. The Morgan fingerprint density at radius 2 is 1.52 bits per heavy atom. The van der Waals surface area contributed by atoms with E-state index >= 15 is 0 Å². The third-order valence-electron chi connectivity index (χ3n) is 3.71. The van der Waals surface area contributed by atoms with Gasteiger partial charge >= 0.3 is 5.97 Å². The van der Waals surface area contributed by atoms with Gasteiger partial charge in [-0.2, -0.15) is 0 Å². The lowest BCUT2D eigenvalue weighted by Gasteiger charge is -2.13. The SMILES string of the molecule is CCOc1ccc(C(C)=O)cc1NC(=O)c1ccc(OCC)c(C(=O)O)c1. The quantitative estimate of drug-likeness (QED) is 0.687. The van der Waals surface area contributed by atoms with Crippen molar-refractivity contribution in [2.24, 2.45) is 0 Å². The standard InChI is InChI=1S/C20H21NO6/c1-4-26-17-8-7-14(10-15(17)20(24)25)19(23)21-16-11-13(12(3)22)6-9-18(16)27-5-2/h6-11H,4-5H2,1-3H3,(H,21,23)(H,24,25). The van der Waals surface area contributed by atoms with Crippen molar-refractivity contribution in [3.63, 3.8) is 0 Å². The summed E-state index contributed by atoms with van der Waals surface area (Å²) in [5.74, 6) is -1.26. The maximum absolute atomic E-state index is 12.6. The molecule has 2 N–H and O–H groups in total. The third kappa shape index (κ3) is 4.84. The number of benzene rings is 2. The molecule has 142 valence electrons. The molecule has 0 fully saturated rings. The number of carboxylic acid groups (broad SMARTS) is 1. The molecule has 0 saturated carbocycles. The molecule has 0 unspecified atom stereocenters. The van der Waals surface area contributed by atoms with E-state index in [0.29, 0.717) is 30.2 Å². The number of amides is 1. The molecule has 2 aromatic carbocycles. The highest BCUT2D eigenvalue weighted by Gasteiger charge is 2.17. The van der Waals surface area contributed by atoms with E-state index < -0.39 is 11.9 Å². The van der Waals surface area contributed by atoms with Gasteiger partial charge in [-0.1, -0.05) is 0 Å². The van der Waals surface area contributed by atoms with Gasteiger partial charge in [-0.05, 0) is 57.2 Å². The van der Waals surface area contributed by atoms with Crippen LogP contribution in [0.25, 0.3) is 0 Å². The largest absolute Gasteiger partial charge is 0.493 e. The molecule has 0 aromatic heterocycles. The maximum Gasteiger partial charge on any atom is 0.339 e. The van der Waals surface area contributed by atoms with E-state index in [0.717, 1.165) is 0 Å². The molecule has 0 aliphatic rings. The number of aromatic carboxylic acids is 1. The van der Waals surface area contributed by atoms with Gasteiger partial charge in [0.1, 0.15) is 17.1 Å². The first-order valence-corrected chi connectivity index (χ1v) is 8.46. The molecule has 0 bridgehead atoms. The number of hydrogen-bond donors (Lipinski definition) is 2. The number of ketones is 1. The number of anilines is 1. The first-order valence-electron chi connectivity index (χ1n) is 8.46. The highest BCUT2D eigenvalue weighted by Crippen LogP contribution is 2.27. The fraction of sp³-hybridized carbons (Fsp3) is 0.250. The normalized spacial score (nSPS) is 10.2. The zero-order chi connectivity index (χ0) is 20.0. The molecule has 0 heterocycles. The smallest absolute Gasteiger partial charge is 0.339 e. The van der Waals surface area contributed by atoms with Gasteiger partial charge in [-0.25, -0.2) is 4.79 Å². The molecule has 27 heavy (non-hydrogen) atoms. The molecule has 0 aliphatic carbocycles. The van der Waals surface area contributed by atoms with Crippen LogP contribution in [0.4, 0.5) is 5.69 Å². The van der Waals surface area contributed by atoms with Crippen molar-refractivity contribution in [2.45, 2.75) is 20.8 Å². The molecule has 1 amide bonds. The minimum atomic E-state index is -1.19. The molecule has 0 saturated heterocycles. The highest BCUT2D eigenvalue weighted by molar-refractivity contribution is 6.07. The van der Waals surface area contributed by atoms with E-state index in [1.807, 2.05) is 0 Å². The molecular formula is C20H21NO6. The Morgan fingerprint density at radius 3 is 2.11 bits per heavy atom. The molecule has 2 rings (SSSR count). The molecule has 0 atom stereocenters. The summed E-state index contributed by atoms with van der Waals surface area (Å²) in [6.07, 6.45) is 0. The Labute approximate surface area is 156 Å². The van der Waals surface area contributed by atoms with E-state index in [4.69, 9.17) is 9.47 Å². The van der Waals surface area contributed by atoms with E-state index in [-0.39, 0.29) is 22.7 Å². The van der Waals surface area contributed by atoms with E-state index in [2.05, 4.69) is 5.32 Å². The van der Waals surface area contributed by atoms with Gasteiger partial charge in [-0.15, -0.1) is 0 Å². The van der Waals surface area contributed by atoms with Gasteiger partial charge in [0.2, 0.25) is 0 Å². The molecule has 7 nitrogen and oxygen atoms in total. The lowest BCUT2D eigenvalue weighted by molar-refractivity contribution is 0.0692. The fourth-order valence-corrected chi connectivity index (χ4v) is 2.44. The van der Waals surface area contributed by atoms with Crippen molar-refractivity contribution in [1.29, 1.82) is 0 Å². The van der Waals surface area contributed by atoms with Gasteiger partial charge in [0, 0.05) is 11.1 Å². The first-order chi connectivity index (χ1) is 12.9. The lowest BCUT2D eigenvalue weighted by Crippen LogP contribution is -2.15.